The second kappa shape index (κ2) is 5.53. The molecule has 2 amide bonds. The molecule has 2 N–H and O–H groups in total. The highest BCUT2D eigenvalue weighted by Crippen LogP contribution is 2.29. The van der Waals surface area contributed by atoms with Crippen LogP contribution in [0.1, 0.15) is 20.8 Å². The number of amides is 2. The fourth-order valence-corrected chi connectivity index (χ4v) is 1.26. The maximum atomic E-state index is 11.9. The highest BCUT2D eigenvalue weighted by atomic mass is 16.5. The van der Waals surface area contributed by atoms with Gasteiger partial charge in [-0.05, 0) is 12.1 Å². The lowest BCUT2D eigenvalue weighted by Gasteiger charge is -2.19. The van der Waals surface area contributed by atoms with Gasteiger partial charge in [0.1, 0.15) is 5.75 Å². The van der Waals surface area contributed by atoms with Crippen molar-refractivity contribution >= 4 is 23.7 Å². The molecule has 0 bridgehead atoms. The molecule has 5 heteroatoms. The standard InChI is InChI=1S/C13H18N2O3/c1-13(2,3)12(17)15-10-6-5-9(14-8-16)7-11(10)18-4/h5-8H,1-4H3,(H,14,16)(H,15,17). The monoisotopic (exact) mass is 250 g/mol. The van der Waals surface area contributed by atoms with Gasteiger partial charge in [0.05, 0.1) is 12.8 Å². The van der Waals surface area contributed by atoms with Crippen molar-refractivity contribution in [2.45, 2.75) is 20.8 Å². The van der Waals surface area contributed by atoms with Crippen LogP contribution in [0, 0.1) is 5.41 Å². The second-order valence-corrected chi connectivity index (χ2v) is 4.88. The van der Waals surface area contributed by atoms with Gasteiger partial charge >= 0.3 is 0 Å². The van der Waals surface area contributed by atoms with Crippen LogP contribution >= 0.6 is 0 Å². The predicted octanol–water partition coefficient (Wildman–Crippen LogP) is 2.25. The van der Waals surface area contributed by atoms with Crippen LogP contribution in [0.5, 0.6) is 5.75 Å². The van der Waals surface area contributed by atoms with Crippen LogP contribution in [0.3, 0.4) is 0 Å². The number of hydrogen-bond donors (Lipinski definition) is 2. The molecular weight excluding hydrogens is 232 g/mol. The number of methoxy groups -OCH3 is 1. The number of rotatable bonds is 4. The molecule has 0 heterocycles. The Hall–Kier alpha value is -2.04. The molecule has 98 valence electrons. The lowest BCUT2D eigenvalue weighted by molar-refractivity contribution is -0.123. The number of anilines is 2. The summed E-state index contributed by atoms with van der Waals surface area (Å²) in [7, 11) is 1.51. The minimum atomic E-state index is -0.481. The average molecular weight is 250 g/mol. The number of carbonyl (C=O) groups excluding carboxylic acids is 2. The van der Waals surface area contributed by atoms with E-state index in [-0.39, 0.29) is 5.91 Å². The van der Waals surface area contributed by atoms with Crippen LogP contribution in [-0.2, 0) is 9.59 Å². The fraction of sp³-hybridized carbons (Fsp3) is 0.385. The van der Waals surface area contributed by atoms with Crippen molar-refractivity contribution in [3.05, 3.63) is 18.2 Å². The molecule has 0 aromatic heterocycles. The van der Waals surface area contributed by atoms with Gasteiger partial charge in [-0.1, -0.05) is 20.8 Å². The summed E-state index contributed by atoms with van der Waals surface area (Å²) >= 11 is 0. The quantitative estimate of drug-likeness (QED) is 0.805. The molecule has 0 unspecified atom stereocenters. The second-order valence-electron chi connectivity index (χ2n) is 4.88. The van der Waals surface area contributed by atoms with Crippen LogP contribution in [-0.4, -0.2) is 19.4 Å². The van der Waals surface area contributed by atoms with E-state index in [2.05, 4.69) is 10.6 Å². The Labute approximate surface area is 107 Å². The zero-order chi connectivity index (χ0) is 13.8. The summed E-state index contributed by atoms with van der Waals surface area (Å²) < 4.78 is 5.18. The molecule has 0 radical (unpaired) electrons. The van der Waals surface area contributed by atoms with E-state index < -0.39 is 5.41 Å². The molecule has 0 saturated carbocycles. The van der Waals surface area contributed by atoms with Crippen LogP contribution in [0.4, 0.5) is 11.4 Å². The van der Waals surface area contributed by atoms with Crippen LogP contribution < -0.4 is 15.4 Å². The topological polar surface area (TPSA) is 67.4 Å². The number of ether oxygens (including phenoxy) is 1. The summed E-state index contributed by atoms with van der Waals surface area (Å²) in [6, 6.07) is 5.02. The summed E-state index contributed by atoms with van der Waals surface area (Å²) in [5.74, 6) is 0.399. The highest BCUT2D eigenvalue weighted by Gasteiger charge is 2.22. The van der Waals surface area contributed by atoms with Crippen molar-refractivity contribution < 1.29 is 14.3 Å². The number of nitrogens with one attached hydrogen (secondary N) is 2. The van der Waals surface area contributed by atoms with E-state index in [1.54, 1.807) is 18.2 Å². The molecule has 0 saturated heterocycles. The fourth-order valence-electron chi connectivity index (χ4n) is 1.26. The maximum Gasteiger partial charge on any atom is 0.229 e. The van der Waals surface area contributed by atoms with Gasteiger partial charge < -0.3 is 15.4 Å². The average Bonchev–Trinajstić information content (AvgIpc) is 2.30. The SMILES string of the molecule is COc1cc(NC=O)ccc1NC(=O)C(C)(C)C. The number of hydrogen-bond acceptors (Lipinski definition) is 3. The van der Waals surface area contributed by atoms with E-state index in [4.69, 9.17) is 4.74 Å². The third-order valence-electron chi connectivity index (χ3n) is 2.36. The van der Waals surface area contributed by atoms with E-state index in [9.17, 15) is 9.59 Å². The van der Waals surface area contributed by atoms with E-state index in [0.29, 0.717) is 23.5 Å². The van der Waals surface area contributed by atoms with Gasteiger partial charge in [0.15, 0.2) is 0 Å². The van der Waals surface area contributed by atoms with Crippen molar-refractivity contribution in [1.29, 1.82) is 0 Å². The van der Waals surface area contributed by atoms with Gasteiger partial charge in [-0.3, -0.25) is 9.59 Å². The molecule has 0 aliphatic carbocycles. The molecule has 1 aromatic carbocycles. The minimum Gasteiger partial charge on any atom is -0.494 e. The molecule has 0 aliphatic rings. The van der Waals surface area contributed by atoms with E-state index in [0.717, 1.165) is 0 Å². The van der Waals surface area contributed by atoms with Gasteiger partial charge in [0.25, 0.3) is 0 Å². The summed E-state index contributed by atoms with van der Waals surface area (Å²) in [5.41, 5.74) is 0.703. The predicted molar refractivity (Wildman–Crippen MR) is 70.8 cm³/mol. The van der Waals surface area contributed by atoms with Gasteiger partial charge in [0, 0.05) is 17.2 Å². The Balaban J connectivity index is 2.96. The first-order valence-electron chi connectivity index (χ1n) is 5.58. The van der Waals surface area contributed by atoms with Crippen LogP contribution in [0.15, 0.2) is 18.2 Å². The first-order chi connectivity index (χ1) is 8.38. The molecule has 0 fully saturated rings. The molecule has 1 rings (SSSR count). The van der Waals surface area contributed by atoms with E-state index in [1.807, 2.05) is 20.8 Å². The Morgan fingerprint density at radius 1 is 1.33 bits per heavy atom. The number of carbonyl (C=O) groups is 2. The van der Waals surface area contributed by atoms with Crippen molar-refractivity contribution in [1.82, 2.24) is 0 Å². The summed E-state index contributed by atoms with van der Waals surface area (Å²) in [6.07, 6.45) is 0.585. The Bertz CT molecular complexity index is 450. The molecule has 0 aliphatic heterocycles. The summed E-state index contributed by atoms with van der Waals surface area (Å²) in [6.45, 7) is 5.49. The molecule has 0 atom stereocenters. The zero-order valence-electron chi connectivity index (χ0n) is 11.0. The Kier molecular flexibility index (Phi) is 4.31. The Morgan fingerprint density at radius 2 is 2.00 bits per heavy atom. The van der Waals surface area contributed by atoms with Gasteiger partial charge in [-0.25, -0.2) is 0 Å². The van der Waals surface area contributed by atoms with Crippen LogP contribution in [0.2, 0.25) is 0 Å². The lowest BCUT2D eigenvalue weighted by Crippen LogP contribution is -2.27. The van der Waals surface area contributed by atoms with Crippen molar-refractivity contribution in [2.24, 2.45) is 5.41 Å². The third kappa shape index (κ3) is 3.48. The van der Waals surface area contributed by atoms with Crippen molar-refractivity contribution in [3.63, 3.8) is 0 Å². The summed E-state index contributed by atoms with van der Waals surface area (Å²) in [5, 5.41) is 5.31. The number of benzene rings is 1. The van der Waals surface area contributed by atoms with Gasteiger partial charge in [-0.15, -0.1) is 0 Å². The van der Waals surface area contributed by atoms with Crippen LogP contribution in [0.25, 0.3) is 0 Å². The first-order valence-corrected chi connectivity index (χ1v) is 5.58. The summed E-state index contributed by atoms with van der Waals surface area (Å²) in [4.78, 5) is 22.2. The lowest BCUT2D eigenvalue weighted by atomic mass is 9.95. The smallest absolute Gasteiger partial charge is 0.229 e. The normalized spacial score (nSPS) is 10.7. The third-order valence-corrected chi connectivity index (χ3v) is 2.36. The molecule has 1 aromatic rings. The van der Waals surface area contributed by atoms with E-state index >= 15 is 0 Å². The Morgan fingerprint density at radius 3 is 2.50 bits per heavy atom. The van der Waals surface area contributed by atoms with Crippen molar-refractivity contribution in [2.75, 3.05) is 17.7 Å². The van der Waals surface area contributed by atoms with Crippen molar-refractivity contribution in [3.8, 4) is 5.75 Å². The van der Waals surface area contributed by atoms with E-state index in [1.165, 1.54) is 7.11 Å². The molecule has 0 spiro atoms. The maximum absolute atomic E-state index is 11.9. The largest absolute Gasteiger partial charge is 0.494 e. The molecular formula is C13H18N2O3. The first kappa shape index (κ1) is 14.0. The minimum absolute atomic E-state index is 0.100. The van der Waals surface area contributed by atoms with Gasteiger partial charge in [-0.2, -0.15) is 0 Å². The molecule has 18 heavy (non-hydrogen) atoms. The van der Waals surface area contributed by atoms with Gasteiger partial charge in [0.2, 0.25) is 12.3 Å². The highest BCUT2D eigenvalue weighted by molar-refractivity contribution is 5.96. The molecule has 5 nitrogen and oxygen atoms in total. The zero-order valence-corrected chi connectivity index (χ0v) is 11.0.